The molecule has 0 aromatic carbocycles. The van der Waals surface area contributed by atoms with E-state index in [2.05, 4.69) is 16.3 Å². The second-order valence-electron chi connectivity index (χ2n) is 4.87. The number of hydrogen-bond acceptors (Lipinski definition) is 4. The van der Waals surface area contributed by atoms with Crippen molar-refractivity contribution in [3.8, 4) is 6.07 Å². The summed E-state index contributed by atoms with van der Waals surface area (Å²) in [6.07, 6.45) is 3.26. The fourth-order valence-electron chi connectivity index (χ4n) is 2.30. The van der Waals surface area contributed by atoms with E-state index in [0.717, 1.165) is 45.5 Å². The molecule has 19 heavy (non-hydrogen) atoms. The van der Waals surface area contributed by atoms with E-state index in [1.807, 2.05) is 6.92 Å². The first kappa shape index (κ1) is 15.9. The highest BCUT2D eigenvalue weighted by molar-refractivity contribution is 5.78. The normalized spacial score (nSPS) is 17.1. The van der Waals surface area contributed by atoms with Crippen LogP contribution in [-0.4, -0.2) is 50.2 Å². The summed E-state index contributed by atoms with van der Waals surface area (Å²) in [6.45, 7) is 6.81. The van der Waals surface area contributed by atoms with Crippen LogP contribution in [0.1, 0.15) is 32.6 Å². The Kier molecular flexibility index (Phi) is 8.19. The number of nitrogens with zero attached hydrogens (tertiary/aromatic N) is 2. The van der Waals surface area contributed by atoms with Crippen molar-refractivity contribution in [3.63, 3.8) is 0 Å². The summed E-state index contributed by atoms with van der Waals surface area (Å²) in [5.41, 5.74) is 0. The van der Waals surface area contributed by atoms with Gasteiger partial charge in [0.15, 0.2) is 0 Å². The average Bonchev–Trinajstić information content (AvgIpc) is 2.45. The summed E-state index contributed by atoms with van der Waals surface area (Å²) in [5, 5.41) is 11.5. The SMILES string of the molecule is CCOCCCNC(=O)C1CCN(CCC#N)CC1. The highest BCUT2D eigenvalue weighted by Crippen LogP contribution is 2.17. The van der Waals surface area contributed by atoms with Gasteiger partial charge in [0.1, 0.15) is 0 Å². The zero-order valence-corrected chi connectivity index (χ0v) is 11.9. The van der Waals surface area contributed by atoms with Crippen molar-refractivity contribution in [1.82, 2.24) is 10.2 Å². The van der Waals surface area contributed by atoms with Crippen LogP contribution in [0.15, 0.2) is 0 Å². The van der Waals surface area contributed by atoms with Crippen molar-refractivity contribution in [1.29, 1.82) is 5.26 Å². The molecule has 0 saturated carbocycles. The Morgan fingerprint density at radius 2 is 2.21 bits per heavy atom. The fraction of sp³-hybridized carbons (Fsp3) is 0.857. The molecule has 108 valence electrons. The van der Waals surface area contributed by atoms with Gasteiger partial charge in [0.25, 0.3) is 0 Å². The summed E-state index contributed by atoms with van der Waals surface area (Å²) in [4.78, 5) is 14.2. The van der Waals surface area contributed by atoms with Gasteiger partial charge in [0.05, 0.1) is 6.07 Å². The zero-order chi connectivity index (χ0) is 13.9. The van der Waals surface area contributed by atoms with Gasteiger partial charge in [0.2, 0.25) is 5.91 Å². The van der Waals surface area contributed by atoms with Crippen LogP contribution in [0.25, 0.3) is 0 Å². The topological polar surface area (TPSA) is 65.4 Å². The van der Waals surface area contributed by atoms with E-state index in [0.29, 0.717) is 19.6 Å². The summed E-state index contributed by atoms with van der Waals surface area (Å²) in [5.74, 6) is 0.321. The second-order valence-corrected chi connectivity index (χ2v) is 4.87. The highest BCUT2D eigenvalue weighted by atomic mass is 16.5. The Morgan fingerprint density at radius 1 is 1.47 bits per heavy atom. The molecule has 1 N–H and O–H groups in total. The molecule has 1 rings (SSSR count). The number of rotatable bonds is 8. The first-order chi connectivity index (χ1) is 9.27. The molecule has 0 radical (unpaired) electrons. The summed E-state index contributed by atoms with van der Waals surface area (Å²) in [7, 11) is 0. The molecule has 5 nitrogen and oxygen atoms in total. The molecule has 0 unspecified atom stereocenters. The van der Waals surface area contributed by atoms with E-state index >= 15 is 0 Å². The van der Waals surface area contributed by atoms with Crippen LogP contribution in [0, 0.1) is 17.2 Å². The molecule has 1 heterocycles. The lowest BCUT2D eigenvalue weighted by molar-refractivity contribution is -0.126. The van der Waals surface area contributed by atoms with E-state index in [4.69, 9.17) is 10.00 Å². The largest absolute Gasteiger partial charge is 0.382 e. The van der Waals surface area contributed by atoms with Crippen molar-refractivity contribution in [3.05, 3.63) is 0 Å². The Morgan fingerprint density at radius 3 is 2.84 bits per heavy atom. The van der Waals surface area contributed by atoms with Gasteiger partial charge < -0.3 is 15.0 Å². The number of hydrogen-bond donors (Lipinski definition) is 1. The molecular formula is C14H25N3O2. The van der Waals surface area contributed by atoms with E-state index in [1.54, 1.807) is 0 Å². The van der Waals surface area contributed by atoms with Crippen LogP contribution in [0.2, 0.25) is 0 Å². The van der Waals surface area contributed by atoms with Crippen LogP contribution in [0.5, 0.6) is 0 Å². The lowest BCUT2D eigenvalue weighted by Gasteiger charge is -2.30. The number of likely N-dealkylation sites (tertiary alicyclic amines) is 1. The van der Waals surface area contributed by atoms with E-state index in [1.165, 1.54) is 0 Å². The molecule has 1 aliphatic heterocycles. The molecule has 1 aliphatic rings. The number of nitriles is 1. The Balaban J connectivity index is 2.09. The molecule has 1 amide bonds. The van der Waals surface area contributed by atoms with E-state index < -0.39 is 0 Å². The van der Waals surface area contributed by atoms with Gasteiger partial charge in [-0.25, -0.2) is 0 Å². The Bertz CT molecular complexity index is 294. The molecule has 5 heteroatoms. The van der Waals surface area contributed by atoms with Gasteiger partial charge >= 0.3 is 0 Å². The highest BCUT2D eigenvalue weighted by Gasteiger charge is 2.24. The smallest absolute Gasteiger partial charge is 0.223 e. The van der Waals surface area contributed by atoms with Crippen LogP contribution in [0.4, 0.5) is 0 Å². The number of piperidine rings is 1. The minimum Gasteiger partial charge on any atom is -0.382 e. The standard InChI is InChI=1S/C14H25N3O2/c1-2-19-12-4-8-16-14(18)13-5-10-17(11-6-13)9-3-7-15/h13H,2-6,8-12H2,1H3,(H,16,18). The number of carbonyl (C=O) groups is 1. The summed E-state index contributed by atoms with van der Waals surface area (Å²) < 4.78 is 5.23. The first-order valence-corrected chi connectivity index (χ1v) is 7.22. The van der Waals surface area contributed by atoms with Crippen LogP contribution in [0.3, 0.4) is 0 Å². The average molecular weight is 267 g/mol. The lowest BCUT2D eigenvalue weighted by Crippen LogP contribution is -2.41. The van der Waals surface area contributed by atoms with Gasteiger partial charge in [0, 0.05) is 38.6 Å². The van der Waals surface area contributed by atoms with Crippen LogP contribution < -0.4 is 5.32 Å². The third kappa shape index (κ3) is 6.55. The maximum absolute atomic E-state index is 11.9. The minimum atomic E-state index is 0.144. The van der Waals surface area contributed by atoms with Crippen molar-refractivity contribution in [2.45, 2.75) is 32.6 Å². The molecule has 1 saturated heterocycles. The fourth-order valence-corrected chi connectivity index (χ4v) is 2.30. The summed E-state index contributed by atoms with van der Waals surface area (Å²) in [6, 6.07) is 2.16. The Labute approximate surface area is 115 Å². The van der Waals surface area contributed by atoms with Gasteiger partial charge in [-0.3, -0.25) is 4.79 Å². The molecule has 0 bridgehead atoms. The van der Waals surface area contributed by atoms with Crippen molar-refractivity contribution in [2.24, 2.45) is 5.92 Å². The molecule has 0 aromatic rings. The molecular weight excluding hydrogens is 242 g/mol. The number of amides is 1. The predicted octanol–water partition coefficient (Wildman–Crippen LogP) is 1.15. The molecule has 0 aromatic heterocycles. The van der Waals surface area contributed by atoms with Crippen LogP contribution >= 0.6 is 0 Å². The van der Waals surface area contributed by atoms with Crippen molar-refractivity contribution >= 4 is 5.91 Å². The number of carbonyl (C=O) groups excluding carboxylic acids is 1. The number of ether oxygens (including phenoxy) is 1. The van der Waals surface area contributed by atoms with E-state index in [-0.39, 0.29) is 11.8 Å². The maximum atomic E-state index is 11.9. The molecule has 1 fully saturated rings. The quantitative estimate of drug-likeness (QED) is 0.670. The monoisotopic (exact) mass is 267 g/mol. The third-order valence-electron chi connectivity index (χ3n) is 3.47. The van der Waals surface area contributed by atoms with Crippen molar-refractivity contribution in [2.75, 3.05) is 39.4 Å². The third-order valence-corrected chi connectivity index (χ3v) is 3.47. The second kappa shape index (κ2) is 9.76. The van der Waals surface area contributed by atoms with Gasteiger partial charge in [-0.1, -0.05) is 0 Å². The van der Waals surface area contributed by atoms with Gasteiger partial charge in [-0.15, -0.1) is 0 Å². The predicted molar refractivity (Wildman–Crippen MR) is 73.5 cm³/mol. The lowest BCUT2D eigenvalue weighted by atomic mass is 9.96. The Hall–Kier alpha value is -1.12. The molecule has 0 aliphatic carbocycles. The van der Waals surface area contributed by atoms with Gasteiger partial charge in [-0.2, -0.15) is 5.26 Å². The maximum Gasteiger partial charge on any atom is 0.223 e. The van der Waals surface area contributed by atoms with E-state index in [9.17, 15) is 4.79 Å². The van der Waals surface area contributed by atoms with Crippen molar-refractivity contribution < 1.29 is 9.53 Å². The minimum absolute atomic E-state index is 0.144. The summed E-state index contributed by atoms with van der Waals surface area (Å²) >= 11 is 0. The van der Waals surface area contributed by atoms with Gasteiger partial charge in [-0.05, 0) is 39.3 Å². The molecule has 0 atom stereocenters. The molecule has 0 spiro atoms. The zero-order valence-electron chi connectivity index (χ0n) is 11.9. The number of nitrogens with one attached hydrogen (secondary N) is 1. The first-order valence-electron chi connectivity index (χ1n) is 7.22. The van der Waals surface area contributed by atoms with Crippen LogP contribution in [-0.2, 0) is 9.53 Å².